The Morgan fingerprint density at radius 3 is 2.48 bits per heavy atom. The highest BCUT2D eigenvalue weighted by molar-refractivity contribution is 7.71. The fraction of sp³-hybridized carbons (Fsp3) is 0.167. The molecule has 0 fully saturated rings. The van der Waals surface area contributed by atoms with Crippen LogP contribution in [-0.2, 0) is 13.5 Å². The summed E-state index contributed by atoms with van der Waals surface area (Å²) in [4.78, 5) is 12.2. The van der Waals surface area contributed by atoms with Gasteiger partial charge in [0.15, 0.2) is 4.77 Å². The number of hydrogen-bond acceptors (Lipinski definition) is 4. The number of aromatic nitrogens is 3. The minimum atomic E-state index is -0.136. The van der Waals surface area contributed by atoms with Crippen LogP contribution < -0.4 is 10.1 Å². The van der Waals surface area contributed by atoms with Crippen molar-refractivity contribution in [2.45, 2.75) is 6.42 Å². The van der Waals surface area contributed by atoms with E-state index in [0.29, 0.717) is 29.0 Å². The number of carbonyl (C=O) groups is 1. The maximum Gasteiger partial charge on any atom is 0.251 e. The van der Waals surface area contributed by atoms with Crippen LogP contribution in [0.1, 0.15) is 16.2 Å². The van der Waals surface area contributed by atoms with E-state index in [1.807, 2.05) is 37.4 Å². The quantitative estimate of drug-likeness (QED) is 0.667. The van der Waals surface area contributed by atoms with Crippen molar-refractivity contribution >= 4 is 18.1 Å². The smallest absolute Gasteiger partial charge is 0.251 e. The predicted octanol–water partition coefficient (Wildman–Crippen LogP) is 3.24. The fourth-order valence-corrected chi connectivity index (χ4v) is 2.44. The van der Waals surface area contributed by atoms with Crippen LogP contribution in [0.5, 0.6) is 11.5 Å². The number of aromatic amines is 1. The van der Waals surface area contributed by atoms with Gasteiger partial charge in [0, 0.05) is 25.6 Å². The third-order valence-electron chi connectivity index (χ3n) is 3.70. The highest BCUT2D eigenvalue weighted by Crippen LogP contribution is 2.21. The van der Waals surface area contributed by atoms with Crippen molar-refractivity contribution in [1.29, 1.82) is 0 Å². The molecule has 0 saturated heterocycles. The van der Waals surface area contributed by atoms with E-state index < -0.39 is 0 Å². The summed E-state index contributed by atoms with van der Waals surface area (Å²) >= 11 is 5.06. The Balaban J connectivity index is 1.54. The van der Waals surface area contributed by atoms with Gasteiger partial charge >= 0.3 is 0 Å². The van der Waals surface area contributed by atoms with Gasteiger partial charge in [0.25, 0.3) is 5.91 Å². The molecular weight excluding hydrogens is 336 g/mol. The van der Waals surface area contributed by atoms with Gasteiger partial charge in [0.2, 0.25) is 0 Å². The molecule has 1 heterocycles. The molecule has 1 amide bonds. The second kappa shape index (κ2) is 7.76. The Labute approximate surface area is 150 Å². The molecule has 3 aromatic rings. The van der Waals surface area contributed by atoms with Crippen LogP contribution in [0.25, 0.3) is 0 Å². The first kappa shape index (κ1) is 16.9. The van der Waals surface area contributed by atoms with Crippen LogP contribution in [0.3, 0.4) is 0 Å². The standard InChI is InChI=1S/C18H18N4O2S/c1-22-16(20-21-18(22)25)11-12-19-17(23)13-7-9-15(10-8-13)24-14-5-3-2-4-6-14/h2-10H,11-12H2,1H3,(H,19,23)(H,21,25). The van der Waals surface area contributed by atoms with Gasteiger partial charge in [0.05, 0.1) is 0 Å². The van der Waals surface area contributed by atoms with Crippen molar-refractivity contribution in [3.8, 4) is 11.5 Å². The lowest BCUT2D eigenvalue weighted by atomic mass is 10.2. The SMILES string of the molecule is Cn1c(CCNC(=O)c2ccc(Oc3ccccc3)cc2)n[nH]c1=S. The molecule has 6 nitrogen and oxygen atoms in total. The van der Waals surface area contributed by atoms with Crippen molar-refractivity contribution in [3.05, 3.63) is 70.8 Å². The molecule has 2 N–H and O–H groups in total. The molecule has 0 spiro atoms. The van der Waals surface area contributed by atoms with Gasteiger partial charge in [-0.25, -0.2) is 0 Å². The van der Waals surface area contributed by atoms with Crippen molar-refractivity contribution < 1.29 is 9.53 Å². The molecule has 1 aromatic heterocycles. The number of amides is 1. The minimum Gasteiger partial charge on any atom is -0.457 e. The van der Waals surface area contributed by atoms with Gasteiger partial charge in [-0.1, -0.05) is 18.2 Å². The zero-order chi connectivity index (χ0) is 17.6. The first-order valence-corrected chi connectivity index (χ1v) is 8.26. The number of ether oxygens (including phenoxy) is 1. The molecule has 2 aromatic carbocycles. The van der Waals surface area contributed by atoms with Crippen molar-refractivity contribution in [2.24, 2.45) is 7.05 Å². The molecule has 0 aliphatic carbocycles. The van der Waals surface area contributed by atoms with Crippen molar-refractivity contribution in [3.63, 3.8) is 0 Å². The summed E-state index contributed by atoms with van der Waals surface area (Å²) in [6.45, 7) is 0.481. The maximum absolute atomic E-state index is 12.2. The van der Waals surface area contributed by atoms with Gasteiger partial charge in [-0.05, 0) is 48.6 Å². The van der Waals surface area contributed by atoms with E-state index in [1.165, 1.54) is 0 Å². The largest absolute Gasteiger partial charge is 0.457 e. The van der Waals surface area contributed by atoms with Gasteiger partial charge in [-0.2, -0.15) is 5.10 Å². The van der Waals surface area contributed by atoms with Gasteiger partial charge in [-0.3, -0.25) is 9.89 Å². The molecule has 0 bridgehead atoms. The van der Waals surface area contributed by atoms with Crippen LogP contribution >= 0.6 is 12.2 Å². The Morgan fingerprint density at radius 2 is 1.84 bits per heavy atom. The Hall–Kier alpha value is -2.93. The molecule has 0 aliphatic rings. The summed E-state index contributed by atoms with van der Waals surface area (Å²) in [5, 5.41) is 9.71. The molecule has 128 valence electrons. The number of benzene rings is 2. The molecule has 0 aliphatic heterocycles. The highest BCUT2D eigenvalue weighted by atomic mass is 32.1. The first-order chi connectivity index (χ1) is 12.1. The summed E-state index contributed by atoms with van der Waals surface area (Å²) < 4.78 is 8.07. The van der Waals surface area contributed by atoms with E-state index in [1.54, 1.807) is 28.8 Å². The van der Waals surface area contributed by atoms with Crippen molar-refractivity contribution in [1.82, 2.24) is 20.1 Å². The summed E-state index contributed by atoms with van der Waals surface area (Å²) in [7, 11) is 1.84. The normalized spacial score (nSPS) is 10.4. The molecule has 3 rings (SSSR count). The van der Waals surface area contributed by atoms with Crippen LogP contribution in [0.15, 0.2) is 54.6 Å². The van der Waals surface area contributed by atoms with Gasteiger partial charge in [0.1, 0.15) is 17.3 Å². The van der Waals surface area contributed by atoms with E-state index in [0.717, 1.165) is 11.6 Å². The second-order valence-corrected chi connectivity index (χ2v) is 5.84. The van der Waals surface area contributed by atoms with Crippen LogP contribution in [0, 0.1) is 4.77 Å². The lowest BCUT2D eigenvalue weighted by Gasteiger charge is -2.07. The average molecular weight is 354 g/mol. The van der Waals surface area contributed by atoms with Gasteiger partial charge in [-0.15, -0.1) is 0 Å². The summed E-state index contributed by atoms with van der Waals surface area (Å²) in [6, 6.07) is 16.5. The fourth-order valence-electron chi connectivity index (χ4n) is 2.29. The molecular formula is C18H18N4O2S. The second-order valence-electron chi connectivity index (χ2n) is 5.45. The number of para-hydroxylation sites is 1. The van der Waals surface area contributed by atoms with E-state index in [2.05, 4.69) is 15.5 Å². The van der Waals surface area contributed by atoms with Gasteiger partial charge < -0.3 is 14.6 Å². The number of nitrogens with one attached hydrogen (secondary N) is 2. The molecule has 0 saturated carbocycles. The third kappa shape index (κ3) is 4.33. The number of H-pyrrole nitrogens is 1. The Bertz CT molecular complexity index is 901. The Kier molecular flexibility index (Phi) is 5.25. The monoisotopic (exact) mass is 354 g/mol. The highest BCUT2D eigenvalue weighted by Gasteiger charge is 2.07. The summed E-state index contributed by atoms with van der Waals surface area (Å²) in [5.74, 6) is 2.11. The number of carbonyl (C=O) groups excluding carboxylic acids is 1. The summed E-state index contributed by atoms with van der Waals surface area (Å²) in [5.41, 5.74) is 0.579. The molecule has 0 radical (unpaired) electrons. The van der Waals surface area contributed by atoms with E-state index >= 15 is 0 Å². The zero-order valence-electron chi connectivity index (χ0n) is 13.7. The minimum absolute atomic E-state index is 0.136. The molecule has 25 heavy (non-hydrogen) atoms. The van der Waals surface area contributed by atoms with E-state index in [4.69, 9.17) is 17.0 Å². The first-order valence-electron chi connectivity index (χ1n) is 7.85. The summed E-state index contributed by atoms with van der Waals surface area (Å²) in [6.07, 6.45) is 0.602. The number of hydrogen-bond donors (Lipinski definition) is 2. The number of rotatable bonds is 6. The third-order valence-corrected chi connectivity index (χ3v) is 4.07. The van der Waals surface area contributed by atoms with Crippen LogP contribution in [-0.4, -0.2) is 27.2 Å². The predicted molar refractivity (Wildman–Crippen MR) is 97.4 cm³/mol. The molecule has 7 heteroatoms. The molecule has 0 atom stereocenters. The topological polar surface area (TPSA) is 71.9 Å². The lowest BCUT2D eigenvalue weighted by molar-refractivity contribution is 0.0954. The lowest BCUT2D eigenvalue weighted by Crippen LogP contribution is -2.26. The number of nitrogens with zero attached hydrogens (tertiary/aromatic N) is 2. The van der Waals surface area contributed by atoms with Crippen LogP contribution in [0.2, 0.25) is 0 Å². The van der Waals surface area contributed by atoms with Crippen LogP contribution in [0.4, 0.5) is 0 Å². The molecule has 0 unspecified atom stereocenters. The maximum atomic E-state index is 12.2. The average Bonchev–Trinajstić information content (AvgIpc) is 2.95. The van der Waals surface area contributed by atoms with E-state index in [9.17, 15) is 4.79 Å². The van der Waals surface area contributed by atoms with E-state index in [-0.39, 0.29) is 5.91 Å². The van der Waals surface area contributed by atoms with Crippen molar-refractivity contribution in [2.75, 3.05) is 6.54 Å². The zero-order valence-corrected chi connectivity index (χ0v) is 14.5. The Morgan fingerprint density at radius 1 is 1.16 bits per heavy atom.